The molecule has 0 radical (unpaired) electrons. The molecule has 12 aromatic rings. The van der Waals surface area contributed by atoms with E-state index in [4.69, 9.17) is 0 Å². The van der Waals surface area contributed by atoms with Gasteiger partial charge in [0.25, 0.3) is 0 Å². The molecule has 8 aromatic carbocycles. The summed E-state index contributed by atoms with van der Waals surface area (Å²) < 4.78 is 9.07. The van der Waals surface area contributed by atoms with Gasteiger partial charge in [-0.3, -0.25) is 0 Å². The third kappa shape index (κ3) is 19.1. The molecule has 0 N–H and O–H groups in total. The molecule has 14 rings (SSSR count). The molecular formula is C104H124N4+4. The lowest BCUT2D eigenvalue weighted by Crippen LogP contribution is -2.32. The van der Waals surface area contributed by atoms with Gasteiger partial charge in [-0.25, -0.2) is 18.3 Å². The summed E-state index contributed by atoms with van der Waals surface area (Å²) >= 11 is 0. The van der Waals surface area contributed by atoms with E-state index in [1.165, 1.54) is 231 Å². The summed E-state index contributed by atoms with van der Waals surface area (Å²) in [5, 5.41) is 0. The quantitative estimate of drug-likeness (QED) is 0.102. The van der Waals surface area contributed by atoms with Crippen LogP contribution >= 0.6 is 0 Å². The molecule has 2 aliphatic rings. The Morgan fingerprint density at radius 1 is 0.306 bits per heavy atom. The number of nitrogens with zero attached hydrogens (tertiary/aromatic N) is 4. The number of aryl methyl sites for hydroxylation is 16. The smallest absolute Gasteiger partial charge is 0.201 e. The fourth-order valence-corrected chi connectivity index (χ4v) is 17.2. The molecule has 0 unspecified atom stereocenters. The van der Waals surface area contributed by atoms with Gasteiger partial charge in [-0.1, -0.05) is 194 Å². The molecule has 4 aromatic heterocycles. The van der Waals surface area contributed by atoms with Crippen LogP contribution in [0.2, 0.25) is 0 Å². The molecule has 0 saturated heterocycles. The first-order chi connectivity index (χ1) is 51.6. The number of hydrogen-bond acceptors (Lipinski definition) is 0. The highest BCUT2D eigenvalue weighted by Crippen LogP contribution is 2.41. The van der Waals surface area contributed by atoms with Crippen molar-refractivity contribution in [1.29, 1.82) is 0 Å². The van der Waals surface area contributed by atoms with E-state index in [1.807, 2.05) is 0 Å². The van der Waals surface area contributed by atoms with E-state index in [9.17, 15) is 0 Å². The first-order valence-electron chi connectivity index (χ1n) is 40.3. The monoisotopic (exact) mass is 1430 g/mol. The van der Waals surface area contributed by atoms with Gasteiger partial charge >= 0.3 is 0 Å². The average Bonchev–Trinajstić information content (AvgIpc) is 0.898. The zero-order valence-electron chi connectivity index (χ0n) is 69.6. The normalized spacial score (nSPS) is 13.2. The van der Waals surface area contributed by atoms with Gasteiger partial charge in [-0.15, -0.1) is 0 Å². The second-order valence-corrected chi connectivity index (χ2v) is 33.8. The summed E-state index contributed by atoms with van der Waals surface area (Å²) in [6.45, 7) is 38.1. The van der Waals surface area contributed by atoms with Crippen molar-refractivity contribution in [3.8, 4) is 89.5 Å². The van der Waals surface area contributed by atoms with Gasteiger partial charge < -0.3 is 0 Å². The summed E-state index contributed by atoms with van der Waals surface area (Å²) in [5.74, 6) is 2.14. The van der Waals surface area contributed by atoms with Crippen LogP contribution in [0, 0.1) is 94.4 Å². The zero-order chi connectivity index (χ0) is 77.3. The van der Waals surface area contributed by atoms with Crippen molar-refractivity contribution in [2.75, 3.05) is 0 Å². The minimum absolute atomic E-state index is 0.284. The molecule has 0 atom stereocenters. The Kier molecular flexibility index (Phi) is 25.8. The first-order valence-corrected chi connectivity index (χ1v) is 40.3. The number of hydrogen-bond donors (Lipinski definition) is 0. The molecule has 556 valence electrons. The first kappa shape index (κ1) is 79.4. The van der Waals surface area contributed by atoms with Crippen LogP contribution in [-0.2, 0) is 41.0 Å². The fraction of sp³-hybridized carbons (Fsp3) is 0.346. The minimum Gasteiger partial charge on any atom is -0.201 e. The molecule has 0 bridgehead atoms. The fourth-order valence-electron chi connectivity index (χ4n) is 17.2. The van der Waals surface area contributed by atoms with E-state index >= 15 is 0 Å². The molecule has 0 spiro atoms. The van der Waals surface area contributed by atoms with Gasteiger partial charge in [0.15, 0.2) is 24.8 Å². The topological polar surface area (TPSA) is 15.5 Å². The van der Waals surface area contributed by atoms with E-state index < -0.39 is 0 Å². The predicted molar refractivity (Wildman–Crippen MR) is 460 cm³/mol. The largest absolute Gasteiger partial charge is 0.212 e. The highest BCUT2D eigenvalue weighted by Gasteiger charge is 2.27. The van der Waals surface area contributed by atoms with Crippen molar-refractivity contribution >= 4 is 0 Å². The van der Waals surface area contributed by atoms with Crippen LogP contribution in [0.5, 0.6) is 0 Å². The van der Waals surface area contributed by atoms with Crippen molar-refractivity contribution in [2.24, 2.45) is 39.5 Å². The van der Waals surface area contributed by atoms with E-state index in [-0.39, 0.29) is 5.41 Å². The molecule has 2 aliphatic carbocycles. The zero-order valence-corrected chi connectivity index (χ0v) is 69.6. The molecule has 2 fully saturated rings. The maximum Gasteiger partial charge on any atom is 0.212 e. The van der Waals surface area contributed by atoms with E-state index in [0.717, 1.165) is 24.7 Å². The summed E-state index contributed by atoms with van der Waals surface area (Å²) in [6, 6.07) is 72.3. The molecule has 0 amide bonds. The Hall–Kier alpha value is -9.64. The Labute approximate surface area is 651 Å². The van der Waals surface area contributed by atoms with E-state index in [2.05, 4.69) is 383 Å². The average molecular weight is 1430 g/mol. The van der Waals surface area contributed by atoms with Gasteiger partial charge in [0, 0.05) is 70.3 Å². The molecular weight excluding hydrogens is 1310 g/mol. The maximum absolute atomic E-state index is 2.47. The van der Waals surface area contributed by atoms with E-state index in [1.54, 1.807) is 5.56 Å². The summed E-state index contributed by atoms with van der Waals surface area (Å²) in [5.41, 5.74) is 43.4. The van der Waals surface area contributed by atoms with Gasteiger partial charge in [0.1, 0.15) is 28.2 Å². The Morgan fingerprint density at radius 3 is 1.11 bits per heavy atom. The Morgan fingerprint density at radius 2 is 0.667 bits per heavy atom. The third-order valence-electron chi connectivity index (χ3n) is 23.2. The van der Waals surface area contributed by atoms with Crippen molar-refractivity contribution in [3.63, 3.8) is 0 Å². The molecule has 4 nitrogen and oxygen atoms in total. The molecule has 108 heavy (non-hydrogen) atoms. The second-order valence-electron chi connectivity index (χ2n) is 33.8. The number of aromatic nitrogens is 4. The number of pyridine rings is 4. The number of rotatable bonds is 13. The highest BCUT2D eigenvalue weighted by atomic mass is 14.9. The van der Waals surface area contributed by atoms with Crippen LogP contribution in [0.1, 0.15) is 193 Å². The van der Waals surface area contributed by atoms with Crippen molar-refractivity contribution in [2.45, 2.75) is 200 Å². The summed E-state index contributed by atoms with van der Waals surface area (Å²) in [4.78, 5) is 0. The molecule has 4 heteroatoms. The van der Waals surface area contributed by atoms with Crippen molar-refractivity contribution in [3.05, 3.63) is 308 Å². The van der Waals surface area contributed by atoms with Gasteiger partial charge in [-0.2, -0.15) is 0 Å². The van der Waals surface area contributed by atoms with Crippen LogP contribution in [0.4, 0.5) is 0 Å². The predicted octanol–water partition coefficient (Wildman–Crippen LogP) is 25.6. The second kappa shape index (κ2) is 35.2. The SMILES string of the molecule is Cc1ccccc1-c1cc(-c2cc(C3CCCCC3)cc[n+]2C)c(C)cc1C.Cc1ccccc1-c1cc(-c2cc(CC(C)(C)C)cc[n+]2C)c(C)cc1C.Cc1ccccc1-c1cc(-c2cc(CC(C)C)cc[n+]2C)c(C)cc1C.Cc1ccccc1-c1ccc(C)c(-c2cc(C3CCCC3)c(C)c[n+]2C)c1. The van der Waals surface area contributed by atoms with Crippen LogP contribution in [0.25, 0.3) is 89.5 Å². The number of benzene rings is 8. The Balaban J connectivity index is 0.000000143. The van der Waals surface area contributed by atoms with Gasteiger partial charge in [0.05, 0.1) is 0 Å². The van der Waals surface area contributed by atoms with Crippen molar-refractivity contribution in [1.82, 2.24) is 0 Å². The Bertz CT molecular complexity index is 5170. The van der Waals surface area contributed by atoms with Gasteiger partial charge in [-0.05, 0) is 297 Å². The molecule has 0 aliphatic heterocycles. The van der Waals surface area contributed by atoms with Crippen molar-refractivity contribution < 1.29 is 18.3 Å². The highest BCUT2D eigenvalue weighted by molar-refractivity contribution is 5.81. The van der Waals surface area contributed by atoms with E-state index in [0.29, 0.717) is 5.92 Å². The maximum atomic E-state index is 2.47. The lowest BCUT2D eigenvalue weighted by Gasteiger charge is -2.22. The van der Waals surface area contributed by atoms with Gasteiger partial charge in [0.2, 0.25) is 22.8 Å². The molecule has 4 heterocycles. The summed E-state index contributed by atoms with van der Waals surface area (Å²) in [6.07, 6.45) is 23.4. The minimum atomic E-state index is 0.284. The third-order valence-corrected chi connectivity index (χ3v) is 23.2. The summed E-state index contributed by atoms with van der Waals surface area (Å²) in [7, 11) is 8.64. The van der Waals surface area contributed by atoms with Crippen LogP contribution in [0.3, 0.4) is 0 Å². The lowest BCUT2D eigenvalue weighted by molar-refractivity contribution is -0.660. The van der Waals surface area contributed by atoms with Crippen LogP contribution in [0.15, 0.2) is 219 Å². The molecule has 2 saturated carbocycles. The standard InChI is InChI=1S/C27H32N.C26H30N.C26H32N.C25H30N/c1-19-10-8-9-13-24(19)25-18-26(21(3)16-20(25)2)27-17-23(14-15-28(27)4)22-11-6-5-7-12-22;1-18-9-5-8-12-23(18)22-14-13-19(2)25(15-22)26-16-24(20(3)17-27(26)4)21-10-6-7-11-21;1-18-10-8-9-11-22(18)23-16-24(20(3)14-19(23)2)25-15-21(12-13-27(25)7)17-26(4,5)6;1-17(2)13-21-11-12-26(6)25(15-21)24-16-23(19(4)14-20(24)5)22-10-8-7-9-18(22)3/h8-10,13-18,22H,5-7,11-12H2,1-4H3;5,8-9,12-17,21H,6-7,10-11H2,1-4H3;8-16H,17H2,1-7H3;7-12,14-17H,13H2,1-6H3/q4*+1. The van der Waals surface area contributed by atoms with Crippen LogP contribution in [-0.4, -0.2) is 0 Å². The van der Waals surface area contributed by atoms with Crippen LogP contribution < -0.4 is 18.3 Å². The lowest BCUT2D eigenvalue weighted by atomic mass is 9.83.